The minimum Gasteiger partial charge on any atom is -0.497 e. The van der Waals surface area contributed by atoms with Crippen LogP contribution in [0.25, 0.3) is 0 Å². The first-order chi connectivity index (χ1) is 13.1. The van der Waals surface area contributed by atoms with Gasteiger partial charge in [0, 0.05) is 49.2 Å². The van der Waals surface area contributed by atoms with E-state index in [9.17, 15) is 4.79 Å². The Bertz CT molecular complexity index is 737. The summed E-state index contributed by atoms with van der Waals surface area (Å²) in [6, 6.07) is 15.9. The van der Waals surface area contributed by atoms with Crippen molar-refractivity contribution in [3.05, 3.63) is 48.5 Å². The molecule has 0 atom stereocenters. The molecule has 0 aromatic heterocycles. The van der Waals surface area contributed by atoms with Crippen molar-refractivity contribution in [2.24, 2.45) is 5.92 Å². The molecule has 5 nitrogen and oxygen atoms in total. The van der Waals surface area contributed by atoms with Crippen LogP contribution in [0.2, 0.25) is 0 Å². The summed E-state index contributed by atoms with van der Waals surface area (Å²) < 4.78 is 5.17. The summed E-state index contributed by atoms with van der Waals surface area (Å²) in [5, 5.41) is 6.21. The molecule has 0 bridgehead atoms. The van der Waals surface area contributed by atoms with E-state index in [1.165, 1.54) is 18.5 Å². The standard InChI is InChI=1S/C22H29N3O2/c1-17-11-14-25(15-12-17)20-8-6-18(7-9-20)23-13-10-22(26)24-19-4-3-5-21(16-19)27-2/h3-9,16-17,23H,10-15H2,1-2H3,(H,24,26). The third-order valence-corrected chi connectivity index (χ3v) is 5.05. The first kappa shape index (κ1) is 19.1. The molecule has 0 saturated carbocycles. The van der Waals surface area contributed by atoms with E-state index in [-0.39, 0.29) is 5.91 Å². The molecule has 2 N–H and O–H groups in total. The number of piperidine rings is 1. The Morgan fingerprint density at radius 1 is 1.11 bits per heavy atom. The Hall–Kier alpha value is -2.69. The van der Waals surface area contributed by atoms with E-state index in [0.29, 0.717) is 13.0 Å². The highest BCUT2D eigenvalue weighted by Gasteiger charge is 2.15. The summed E-state index contributed by atoms with van der Waals surface area (Å²) >= 11 is 0. The van der Waals surface area contributed by atoms with Crippen LogP contribution in [-0.2, 0) is 4.79 Å². The molecule has 1 saturated heterocycles. The van der Waals surface area contributed by atoms with Gasteiger partial charge >= 0.3 is 0 Å². The molecule has 27 heavy (non-hydrogen) atoms. The van der Waals surface area contributed by atoms with Crippen LogP contribution >= 0.6 is 0 Å². The fourth-order valence-electron chi connectivity index (χ4n) is 3.30. The van der Waals surface area contributed by atoms with Gasteiger partial charge in [-0.15, -0.1) is 0 Å². The van der Waals surface area contributed by atoms with Crippen LogP contribution in [0.15, 0.2) is 48.5 Å². The Kier molecular flexibility index (Phi) is 6.58. The first-order valence-corrected chi connectivity index (χ1v) is 9.67. The van der Waals surface area contributed by atoms with Gasteiger partial charge in [0.25, 0.3) is 0 Å². The summed E-state index contributed by atoms with van der Waals surface area (Å²) in [6.45, 7) is 5.20. The number of benzene rings is 2. The number of rotatable bonds is 7. The molecule has 5 heteroatoms. The van der Waals surface area contributed by atoms with Gasteiger partial charge in [0.05, 0.1) is 7.11 Å². The zero-order valence-corrected chi connectivity index (χ0v) is 16.2. The fraction of sp³-hybridized carbons (Fsp3) is 0.409. The second-order valence-corrected chi connectivity index (χ2v) is 7.17. The molecule has 1 heterocycles. The lowest BCUT2D eigenvalue weighted by atomic mass is 9.99. The van der Waals surface area contributed by atoms with Crippen LogP contribution in [0.5, 0.6) is 5.75 Å². The van der Waals surface area contributed by atoms with Crippen molar-refractivity contribution in [2.45, 2.75) is 26.2 Å². The molecule has 1 fully saturated rings. The number of nitrogens with zero attached hydrogens (tertiary/aromatic N) is 1. The molecule has 1 aliphatic rings. The quantitative estimate of drug-likeness (QED) is 0.763. The van der Waals surface area contributed by atoms with Crippen molar-refractivity contribution in [3.8, 4) is 5.75 Å². The molecule has 0 radical (unpaired) electrons. The number of hydrogen-bond acceptors (Lipinski definition) is 4. The van der Waals surface area contributed by atoms with Crippen molar-refractivity contribution in [3.63, 3.8) is 0 Å². The number of amides is 1. The highest BCUT2D eigenvalue weighted by Crippen LogP contribution is 2.24. The van der Waals surface area contributed by atoms with E-state index in [1.807, 2.05) is 24.3 Å². The van der Waals surface area contributed by atoms with E-state index in [0.717, 1.165) is 36.1 Å². The van der Waals surface area contributed by atoms with E-state index in [1.54, 1.807) is 7.11 Å². The molecule has 144 valence electrons. The number of carbonyl (C=O) groups excluding carboxylic acids is 1. The predicted molar refractivity (Wildman–Crippen MR) is 112 cm³/mol. The van der Waals surface area contributed by atoms with Crippen LogP contribution in [0, 0.1) is 5.92 Å². The Morgan fingerprint density at radius 3 is 2.56 bits per heavy atom. The van der Waals surface area contributed by atoms with E-state index in [2.05, 4.69) is 46.7 Å². The minimum atomic E-state index is -0.0187. The maximum Gasteiger partial charge on any atom is 0.226 e. The number of carbonyl (C=O) groups is 1. The van der Waals surface area contributed by atoms with Gasteiger partial charge in [-0.3, -0.25) is 4.79 Å². The SMILES string of the molecule is COc1cccc(NC(=O)CCNc2ccc(N3CCC(C)CC3)cc2)c1. The number of nitrogens with one attached hydrogen (secondary N) is 2. The maximum absolute atomic E-state index is 12.1. The third-order valence-electron chi connectivity index (χ3n) is 5.05. The largest absolute Gasteiger partial charge is 0.497 e. The molecular weight excluding hydrogens is 338 g/mol. The lowest BCUT2D eigenvalue weighted by Crippen LogP contribution is -2.32. The van der Waals surface area contributed by atoms with Crippen molar-refractivity contribution >= 4 is 23.0 Å². The summed E-state index contributed by atoms with van der Waals surface area (Å²) in [6.07, 6.45) is 2.94. The fourth-order valence-corrected chi connectivity index (χ4v) is 3.30. The van der Waals surface area contributed by atoms with Crippen LogP contribution in [0.3, 0.4) is 0 Å². The van der Waals surface area contributed by atoms with Crippen LogP contribution in [0.1, 0.15) is 26.2 Å². The lowest BCUT2D eigenvalue weighted by Gasteiger charge is -2.32. The molecule has 1 amide bonds. The van der Waals surface area contributed by atoms with Gasteiger partial charge in [0.15, 0.2) is 0 Å². The number of ether oxygens (including phenoxy) is 1. The van der Waals surface area contributed by atoms with Crippen LogP contribution in [0.4, 0.5) is 17.1 Å². The summed E-state index contributed by atoms with van der Waals surface area (Å²) in [4.78, 5) is 14.5. The van der Waals surface area contributed by atoms with Gasteiger partial charge in [-0.2, -0.15) is 0 Å². The summed E-state index contributed by atoms with van der Waals surface area (Å²) in [7, 11) is 1.61. The van der Waals surface area contributed by atoms with Crippen molar-refractivity contribution in [2.75, 3.05) is 42.3 Å². The first-order valence-electron chi connectivity index (χ1n) is 9.67. The normalized spacial score (nSPS) is 14.7. The Balaban J connectivity index is 1.42. The molecule has 2 aromatic rings. The molecule has 2 aromatic carbocycles. The monoisotopic (exact) mass is 367 g/mol. The predicted octanol–water partition coefficient (Wildman–Crippen LogP) is 4.37. The summed E-state index contributed by atoms with van der Waals surface area (Å²) in [5.74, 6) is 1.55. The third kappa shape index (κ3) is 5.64. The van der Waals surface area contributed by atoms with Gasteiger partial charge in [0.2, 0.25) is 5.91 Å². The smallest absolute Gasteiger partial charge is 0.226 e. The van der Waals surface area contributed by atoms with Crippen LogP contribution in [-0.4, -0.2) is 32.7 Å². The zero-order chi connectivity index (χ0) is 19.1. The van der Waals surface area contributed by atoms with Crippen LogP contribution < -0.4 is 20.3 Å². The van der Waals surface area contributed by atoms with Gasteiger partial charge in [-0.1, -0.05) is 13.0 Å². The van der Waals surface area contributed by atoms with Gasteiger partial charge in [-0.05, 0) is 55.2 Å². The Morgan fingerprint density at radius 2 is 1.85 bits per heavy atom. The van der Waals surface area contributed by atoms with Crippen molar-refractivity contribution < 1.29 is 9.53 Å². The maximum atomic E-state index is 12.1. The molecule has 0 unspecified atom stereocenters. The lowest BCUT2D eigenvalue weighted by molar-refractivity contribution is -0.115. The molecule has 0 spiro atoms. The second kappa shape index (κ2) is 9.31. The average molecular weight is 367 g/mol. The van der Waals surface area contributed by atoms with Crippen molar-refractivity contribution in [1.82, 2.24) is 0 Å². The van der Waals surface area contributed by atoms with E-state index in [4.69, 9.17) is 4.74 Å². The minimum absolute atomic E-state index is 0.0187. The number of anilines is 3. The van der Waals surface area contributed by atoms with Gasteiger partial charge in [0.1, 0.15) is 5.75 Å². The average Bonchev–Trinajstić information content (AvgIpc) is 2.69. The number of methoxy groups -OCH3 is 1. The van der Waals surface area contributed by atoms with E-state index >= 15 is 0 Å². The number of hydrogen-bond donors (Lipinski definition) is 2. The molecule has 1 aliphatic heterocycles. The Labute approximate surface area is 161 Å². The second-order valence-electron chi connectivity index (χ2n) is 7.17. The molecule has 3 rings (SSSR count). The van der Waals surface area contributed by atoms with Gasteiger partial charge in [-0.25, -0.2) is 0 Å². The van der Waals surface area contributed by atoms with E-state index < -0.39 is 0 Å². The highest BCUT2D eigenvalue weighted by atomic mass is 16.5. The van der Waals surface area contributed by atoms with Crippen molar-refractivity contribution in [1.29, 1.82) is 0 Å². The highest BCUT2D eigenvalue weighted by molar-refractivity contribution is 5.91. The summed E-state index contributed by atoms with van der Waals surface area (Å²) in [5.41, 5.74) is 3.07. The zero-order valence-electron chi connectivity index (χ0n) is 16.2. The molecule has 0 aliphatic carbocycles. The van der Waals surface area contributed by atoms with Gasteiger partial charge < -0.3 is 20.3 Å². The topological polar surface area (TPSA) is 53.6 Å². The molecular formula is C22H29N3O2.